The zero-order valence-electron chi connectivity index (χ0n) is 11.5. The summed E-state index contributed by atoms with van der Waals surface area (Å²) in [4.78, 5) is 6.86. The molecular formula is C15H21N3O. The van der Waals surface area contributed by atoms with Crippen molar-refractivity contribution in [2.75, 3.05) is 32.7 Å². The predicted molar refractivity (Wildman–Crippen MR) is 76.4 cm³/mol. The van der Waals surface area contributed by atoms with Crippen molar-refractivity contribution in [2.45, 2.75) is 19.8 Å². The van der Waals surface area contributed by atoms with Gasteiger partial charge in [0.2, 0.25) is 0 Å². The Morgan fingerprint density at radius 2 is 2.16 bits per heavy atom. The first-order valence-electron chi connectivity index (χ1n) is 7.10. The molecule has 0 spiro atoms. The van der Waals surface area contributed by atoms with E-state index in [1.807, 2.05) is 6.92 Å². The first-order valence-corrected chi connectivity index (χ1v) is 7.10. The molecule has 0 bridgehead atoms. The highest BCUT2D eigenvalue weighted by molar-refractivity contribution is 5.73. The maximum Gasteiger partial charge on any atom is 0.192 e. The molecule has 1 aliphatic heterocycles. The van der Waals surface area contributed by atoms with Crippen LogP contribution in [0.1, 0.15) is 17.9 Å². The summed E-state index contributed by atoms with van der Waals surface area (Å²) in [5, 5.41) is 3.38. The van der Waals surface area contributed by atoms with Crippen LogP contribution in [0.5, 0.6) is 0 Å². The van der Waals surface area contributed by atoms with E-state index in [-0.39, 0.29) is 0 Å². The molecule has 2 heterocycles. The summed E-state index contributed by atoms with van der Waals surface area (Å²) in [6.07, 6.45) is 2.32. The highest BCUT2D eigenvalue weighted by atomic mass is 16.3. The molecule has 1 N–H and O–H groups in total. The average molecular weight is 259 g/mol. The maximum absolute atomic E-state index is 5.58. The molecule has 3 rings (SSSR count). The zero-order chi connectivity index (χ0) is 13.1. The molecule has 0 aliphatic carbocycles. The third kappa shape index (κ3) is 3.14. The van der Waals surface area contributed by atoms with Gasteiger partial charge >= 0.3 is 0 Å². The lowest BCUT2D eigenvalue weighted by atomic mass is 10.1. The van der Waals surface area contributed by atoms with Crippen molar-refractivity contribution in [2.24, 2.45) is 0 Å². The third-order valence-corrected chi connectivity index (χ3v) is 3.71. The van der Waals surface area contributed by atoms with Gasteiger partial charge < -0.3 is 14.6 Å². The first kappa shape index (κ1) is 12.6. The molecule has 4 nitrogen and oxygen atoms in total. The smallest absolute Gasteiger partial charge is 0.192 e. The number of aryl methyl sites for hydroxylation is 2. The summed E-state index contributed by atoms with van der Waals surface area (Å²) in [5.74, 6) is 0.743. The molecule has 19 heavy (non-hydrogen) atoms. The molecule has 0 radical (unpaired) electrons. The predicted octanol–water partition coefficient (Wildman–Crippen LogP) is 1.97. The minimum Gasteiger partial charge on any atom is -0.441 e. The summed E-state index contributed by atoms with van der Waals surface area (Å²) >= 11 is 0. The van der Waals surface area contributed by atoms with Gasteiger partial charge in [0, 0.05) is 33.1 Å². The van der Waals surface area contributed by atoms with Crippen molar-refractivity contribution in [1.29, 1.82) is 0 Å². The summed E-state index contributed by atoms with van der Waals surface area (Å²) in [5.41, 5.74) is 3.22. The lowest BCUT2D eigenvalue weighted by molar-refractivity contribution is 0.238. The van der Waals surface area contributed by atoms with Gasteiger partial charge in [0.25, 0.3) is 0 Å². The molecule has 4 heteroatoms. The Labute approximate surface area is 113 Å². The fraction of sp³-hybridized carbons (Fsp3) is 0.533. The van der Waals surface area contributed by atoms with E-state index < -0.39 is 0 Å². The molecule has 102 valence electrons. The molecule has 1 saturated heterocycles. The van der Waals surface area contributed by atoms with E-state index in [4.69, 9.17) is 4.42 Å². The van der Waals surface area contributed by atoms with Crippen molar-refractivity contribution in [3.05, 3.63) is 29.7 Å². The van der Waals surface area contributed by atoms with Crippen molar-refractivity contribution in [3.63, 3.8) is 0 Å². The SMILES string of the molecule is Cc1nc2ccc(CCCN3CCNCC3)cc2o1. The highest BCUT2D eigenvalue weighted by Gasteiger charge is 2.09. The van der Waals surface area contributed by atoms with Crippen LogP contribution in [-0.2, 0) is 6.42 Å². The van der Waals surface area contributed by atoms with E-state index in [1.54, 1.807) is 0 Å². The summed E-state index contributed by atoms with van der Waals surface area (Å²) in [6, 6.07) is 6.36. The molecule has 0 unspecified atom stereocenters. The molecule has 1 aromatic carbocycles. The lowest BCUT2D eigenvalue weighted by Gasteiger charge is -2.27. The van der Waals surface area contributed by atoms with Gasteiger partial charge in [0.15, 0.2) is 11.5 Å². The number of aromatic nitrogens is 1. The van der Waals surface area contributed by atoms with Crippen molar-refractivity contribution < 1.29 is 4.42 Å². The second-order valence-corrected chi connectivity index (χ2v) is 5.23. The van der Waals surface area contributed by atoms with Gasteiger partial charge in [0.1, 0.15) is 5.52 Å². The number of oxazole rings is 1. The number of nitrogens with one attached hydrogen (secondary N) is 1. The maximum atomic E-state index is 5.58. The minimum atomic E-state index is 0.743. The number of fused-ring (bicyclic) bond motifs is 1. The van der Waals surface area contributed by atoms with Crippen molar-refractivity contribution >= 4 is 11.1 Å². The van der Waals surface area contributed by atoms with E-state index in [2.05, 4.69) is 33.4 Å². The largest absolute Gasteiger partial charge is 0.441 e. The molecule has 1 aromatic heterocycles. The van der Waals surface area contributed by atoms with E-state index in [0.717, 1.165) is 36.5 Å². The Kier molecular flexibility index (Phi) is 3.80. The van der Waals surface area contributed by atoms with Crippen LogP contribution in [0, 0.1) is 6.92 Å². The van der Waals surface area contributed by atoms with Crippen LogP contribution in [-0.4, -0.2) is 42.6 Å². The number of piperazine rings is 1. The second kappa shape index (κ2) is 5.72. The van der Waals surface area contributed by atoms with Gasteiger partial charge in [0.05, 0.1) is 0 Å². The van der Waals surface area contributed by atoms with Gasteiger partial charge in [-0.3, -0.25) is 0 Å². The van der Waals surface area contributed by atoms with Crippen LogP contribution in [0.15, 0.2) is 22.6 Å². The van der Waals surface area contributed by atoms with Crippen LogP contribution < -0.4 is 5.32 Å². The quantitative estimate of drug-likeness (QED) is 0.911. The minimum absolute atomic E-state index is 0.743. The monoisotopic (exact) mass is 259 g/mol. The van der Waals surface area contributed by atoms with Gasteiger partial charge in [-0.05, 0) is 37.1 Å². The van der Waals surface area contributed by atoms with Crippen molar-refractivity contribution in [3.8, 4) is 0 Å². The van der Waals surface area contributed by atoms with Crippen LogP contribution in [0.4, 0.5) is 0 Å². The Morgan fingerprint density at radius 3 is 3.00 bits per heavy atom. The molecule has 2 aromatic rings. The Balaban J connectivity index is 1.55. The van der Waals surface area contributed by atoms with E-state index in [9.17, 15) is 0 Å². The number of hydrogen-bond acceptors (Lipinski definition) is 4. The van der Waals surface area contributed by atoms with Crippen LogP contribution in [0.3, 0.4) is 0 Å². The van der Waals surface area contributed by atoms with Gasteiger partial charge in [-0.1, -0.05) is 6.07 Å². The van der Waals surface area contributed by atoms with Gasteiger partial charge in [-0.25, -0.2) is 4.98 Å². The summed E-state index contributed by atoms with van der Waals surface area (Å²) in [6.45, 7) is 7.70. The van der Waals surface area contributed by atoms with Crippen LogP contribution >= 0.6 is 0 Å². The van der Waals surface area contributed by atoms with E-state index in [0.29, 0.717) is 0 Å². The second-order valence-electron chi connectivity index (χ2n) is 5.23. The number of benzene rings is 1. The van der Waals surface area contributed by atoms with E-state index in [1.165, 1.54) is 31.6 Å². The standard InChI is InChI=1S/C15H21N3O/c1-12-17-14-5-4-13(11-15(14)19-12)3-2-8-18-9-6-16-7-10-18/h4-5,11,16H,2-3,6-10H2,1H3. The molecule has 1 aliphatic rings. The fourth-order valence-electron chi connectivity index (χ4n) is 2.68. The number of nitrogens with zero attached hydrogens (tertiary/aromatic N) is 2. The Hall–Kier alpha value is -1.39. The normalized spacial score (nSPS) is 17.1. The number of hydrogen-bond donors (Lipinski definition) is 1. The summed E-state index contributed by atoms with van der Waals surface area (Å²) in [7, 11) is 0. The van der Waals surface area contributed by atoms with Crippen molar-refractivity contribution in [1.82, 2.24) is 15.2 Å². The first-order chi connectivity index (χ1) is 9.31. The van der Waals surface area contributed by atoms with Gasteiger partial charge in [-0.15, -0.1) is 0 Å². The Morgan fingerprint density at radius 1 is 1.32 bits per heavy atom. The average Bonchev–Trinajstić information content (AvgIpc) is 2.79. The molecular weight excluding hydrogens is 238 g/mol. The fourth-order valence-corrected chi connectivity index (χ4v) is 2.68. The van der Waals surface area contributed by atoms with E-state index >= 15 is 0 Å². The zero-order valence-corrected chi connectivity index (χ0v) is 11.5. The highest BCUT2D eigenvalue weighted by Crippen LogP contribution is 2.17. The lowest BCUT2D eigenvalue weighted by Crippen LogP contribution is -2.43. The summed E-state index contributed by atoms with van der Waals surface area (Å²) < 4.78 is 5.58. The Bertz CT molecular complexity index is 543. The molecule has 0 atom stereocenters. The van der Waals surface area contributed by atoms with Crippen LogP contribution in [0.25, 0.3) is 11.1 Å². The molecule has 0 saturated carbocycles. The molecule has 0 amide bonds. The number of rotatable bonds is 4. The van der Waals surface area contributed by atoms with Gasteiger partial charge in [-0.2, -0.15) is 0 Å². The van der Waals surface area contributed by atoms with Crippen LogP contribution in [0.2, 0.25) is 0 Å². The third-order valence-electron chi connectivity index (χ3n) is 3.71. The molecule has 1 fully saturated rings. The topological polar surface area (TPSA) is 41.3 Å².